The van der Waals surface area contributed by atoms with Crippen molar-refractivity contribution < 1.29 is 0 Å². The molecule has 0 aliphatic carbocycles. The minimum absolute atomic E-state index is 0.645. The lowest BCUT2D eigenvalue weighted by Gasteiger charge is -2.07. The second kappa shape index (κ2) is 3.10. The van der Waals surface area contributed by atoms with Crippen LogP contribution in [0.1, 0.15) is 24.8 Å². The molecule has 0 saturated heterocycles. The largest absolute Gasteiger partial charge is 0.294 e. The molecular formula is C11H13N. The Bertz CT molecular complexity index is 287. The van der Waals surface area contributed by atoms with Crippen molar-refractivity contribution in [3.63, 3.8) is 0 Å². The predicted molar refractivity (Wildman–Crippen MR) is 51.8 cm³/mol. The number of hydrogen-bond acceptors (Lipinski definition) is 1. The lowest BCUT2D eigenvalue weighted by Crippen LogP contribution is -1.98. The summed E-state index contributed by atoms with van der Waals surface area (Å²) in [4.78, 5) is 4.41. The molecule has 0 radical (unpaired) electrons. The standard InChI is InChI=1S/C11H13N/c1-9-7-11(8-12-9)10-5-3-2-4-6-10/h2-6,11H,7-8H2,1H3/t11-/m0/s1. The van der Waals surface area contributed by atoms with E-state index in [2.05, 4.69) is 42.2 Å². The maximum absolute atomic E-state index is 4.41. The second-order valence-corrected chi connectivity index (χ2v) is 3.39. The van der Waals surface area contributed by atoms with Gasteiger partial charge >= 0.3 is 0 Å². The highest BCUT2D eigenvalue weighted by Gasteiger charge is 2.16. The predicted octanol–water partition coefficient (Wildman–Crippen LogP) is 2.63. The Kier molecular flexibility index (Phi) is 1.94. The summed E-state index contributed by atoms with van der Waals surface area (Å²) in [5, 5.41) is 0. The van der Waals surface area contributed by atoms with Gasteiger partial charge in [0.05, 0.1) is 0 Å². The molecule has 1 aliphatic heterocycles. The van der Waals surface area contributed by atoms with Gasteiger partial charge in [0.15, 0.2) is 0 Å². The van der Waals surface area contributed by atoms with Crippen LogP contribution in [0.5, 0.6) is 0 Å². The van der Waals surface area contributed by atoms with Crippen LogP contribution < -0.4 is 0 Å². The summed E-state index contributed by atoms with van der Waals surface area (Å²) >= 11 is 0. The lowest BCUT2D eigenvalue weighted by atomic mass is 9.97. The van der Waals surface area contributed by atoms with Crippen LogP contribution in [0.25, 0.3) is 0 Å². The zero-order valence-electron chi connectivity index (χ0n) is 7.33. The molecule has 1 aromatic rings. The van der Waals surface area contributed by atoms with E-state index in [1.54, 1.807) is 0 Å². The fourth-order valence-corrected chi connectivity index (χ4v) is 1.70. The summed E-state index contributed by atoms with van der Waals surface area (Å²) < 4.78 is 0. The summed E-state index contributed by atoms with van der Waals surface area (Å²) in [6, 6.07) is 10.6. The van der Waals surface area contributed by atoms with Crippen LogP contribution in [0.2, 0.25) is 0 Å². The minimum Gasteiger partial charge on any atom is -0.294 e. The van der Waals surface area contributed by atoms with E-state index >= 15 is 0 Å². The van der Waals surface area contributed by atoms with Gasteiger partial charge in [-0.25, -0.2) is 0 Å². The van der Waals surface area contributed by atoms with Crippen molar-refractivity contribution in [1.82, 2.24) is 0 Å². The Balaban J connectivity index is 2.14. The topological polar surface area (TPSA) is 12.4 Å². The summed E-state index contributed by atoms with van der Waals surface area (Å²) in [7, 11) is 0. The molecule has 0 spiro atoms. The van der Waals surface area contributed by atoms with Gasteiger partial charge in [-0.2, -0.15) is 0 Å². The minimum atomic E-state index is 0.645. The molecule has 12 heavy (non-hydrogen) atoms. The highest BCUT2D eigenvalue weighted by molar-refractivity contribution is 5.84. The van der Waals surface area contributed by atoms with E-state index in [-0.39, 0.29) is 0 Å². The van der Waals surface area contributed by atoms with Crippen molar-refractivity contribution in [2.45, 2.75) is 19.3 Å². The number of benzene rings is 1. The Morgan fingerprint density at radius 2 is 2.00 bits per heavy atom. The lowest BCUT2D eigenvalue weighted by molar-refractivity contribution is 0.779. The summed E-state index contributed by atoms with van der Waals surface area (Å²) in [5.41, 5.74) is 2.72. The smallest absolute Gasteiger partial charge is 0.0460 e. The fraction of sp³-hybridized carbons (Fsp3) is 0.364. The van der Waals surface area contributed by atoms with Gasteiger partial charge in [-0.3, -0.25) is 4.99 Å². The number of aliphatic imine (C=N–C) groups is 1. The van der Waals surface area contributed by atoms with Crippen LogP contribution in [0.4, 0.5) is 0 Å². The van der Waals surface area contributed by atoms with Crippen molar-refractivity contribution in [2.75, 3.05) is 6.54 Å². The molecular weight excluding hydrogens is 146 g/mol. The molecule has 1 heterocycles. The van der Waals surface area contributed by atoms with E-state index in [9.17, 15) is 0 Å². The molecule has 0 aromatic heterocycles. The molecule has 1 aliphatic rings. The Hall–Kier alpha value is -1.11. The van der Waals surface area contributed by atoms with E-state index in [0.717, 1.165) is 13.0 Å². The monoisotopic (exact) mass is 159 g/mol. The van der Waals surface area contributed by atoms with Gasteiger partial charge in [0.2, 0.25) is 0 Å². The van der Waals surface area contributed by atoms with E-state index in [0.29, 0.717) is 5.92 Å². The summed E-state index contributed by atoms with van der Waals surface area (Å²) in [6.07, 6.45) is 1.14. The van der Waals surface area contributed by atoms with Gasteiger partial charge in [0, 0.05) is 18.2 Å². The molecule has 62 valence electrons. The van der Waals surface area contributed by atoms with Crippen LogP contribution in [-0.4, -0.2) is 12.3 Å². The van der Waals surface area contributed by atoms with E-state index in [1.165, 1.54) is 11.3 Å². The Morgan fingerprint density at radius 3 is 2.58 bits per heavy atom. The zero-order valence-corrected chi connectivity index (χ0v) is 7.33. The first-order chi connectivity index (χ1) is 5.86. The van der Waals surface area contributed by atoms with E-state index in [1.807, 2.05) is 0 Å². The van der Waals surface area contributed by atoms with Gasteiger partial charge in [-0.1, -0.05) is 30.3 Å². The highest BCUT2D eigenvalue weighted by atomic mass is 14.8. The third-order valence-electron chi connectivity index (χ3n) is 2.39. The molecule has 1 nitrogen and oxygen atoms in total. The fourth-order valence-electron chi connectivity index (χ4n) is 1.70. The highest BCUT2D eigenvalue weighted by Crippen LogP contribution is 2.24. The van der Waals surface area contributed by atoms with Crippen molar-refractivity contribution in [3.05, 3.63) is 35.9 Å². The third-order valence-corrected chi connectivity index (χ3v) is 2.39. The summed E-state index contributed by atoms with van der Waals surface area (Å²) in [5.74, 6) is 0.645. The van der Waals surface area contributed by atoms with Gasteiger partial charge < -0.3 is 0 Å². The van der Waals surface area contributed by atoms with Crippen molar-refractivity contribution >= 4 is 5.71 Å². The first kappa shape index (κ1) is 7.53. The molecule has 0 unspecified atom stereocenters. The average molecular weight is 159 g/mol. The second-order valence-electron chi connectivity index (χ2n) is 3.39. The van der Waals surface area contributed by atoms with Gasteiger partial charge in [-0.05, 0) is 18.9 Å². The maximum Gasteiger partial charge on any atom is 0.0460 e. The number of nitrogens with zero attached hydrogens (tertiary/aromatic N) is 1. The van der Waals surface area contributed by atoms with Crippen LogP contribution in [0.15, 0.2) is 35.3 Å². The van der Waals surface area contributed by atoms with Crippen LogP contribution in [0, 0.1) is 0 Å². The Labute approximate surface area is 73.1 Å². The molecule has 0 N–H and O–H groups in total. The molecule has 0 fully saturated rings. The molecule has 2 rings (SSSR count). The van der Waals surface area contributed by atoms with Crippen LogP contribution >= 0.6 is 0 Å². The SMILES string of the molecule is CC1=NC[C@@H](c2ccccc2)C1. The Morgan fingerprint density at radius 1 is 1.25 bits per heavy atom. The van der Waals surface area contributed by atoms with Crippen molar-refractivity contribution in [1.29, 1.82) is 0 Å². The number of hydrogen-bond donors (Lipinski definition) is 0. The number of rotatable bonds is 1. The first-order valence-corrected chi connectivity index (χ1v) is 4.41. The van der Waals surface area contributed by atoms with Crippen molar-refractivity contribution in [3.8, 4) is 0 Å². The molecule has 1 aromatic carbocycles. The molecule has 0 amide bonds. The molecule has 1 atom stereocenters. The van der Waals surface area contributed by atoms with Gasteiger partial charge in [0.25, 0.3) is 0 Å². The van der Waals surface area contributed by atoms with Gasteiger partial charge in [0.1, 0.15) is 0 Å². The molecule has 0 bridgehead atoms. The van der Waals surface area contributed by atoms with Gasteiger partial charge in [-0.15, -0.1) is 0 Å². The van der Waals surface area contributed by atoms with Crippen molar-refractivity contribution in [2.24, 2.45) is 4.99 Å². The maximum atomic E-state index is 4.41. The molecule has 0 saturated carbocycles. The quantitative estimate of drug-likeness (QED) is 0.597. The third kappa shape index (κ3) is 1.40. The first-order valence-electron chi connectivity index (χ1n) is 4.41. The average Bonchev–Trinajstić information content (AvgIpc) is 2.54. The summed E-state index contributed by atoms with van der Waals surface area (Å²) in [6.45, 7) is 3.10. The van der Waals surface area contributed by atoms with Crippen LogP contribution in [-0.2, 0) is 0 Å². The van der Waals surface area contributed by atoms with E-state index in [4.69, 9.17) is 0 Å². The molecule has 1 heteroatoms. The van der Waals surface area contributed by atoms with E-state index < -0.39 is 0 Å². The van der Waals surface area contributed by atoms with Crippen LogP contribution in [0.3, 0.4) is 0 Å². The normalized spacial score (nSPS) is 22.4. The zero-order chi connectivity index (χ0) is 8.39.